The summed E-state index contributed by atoms with van der Waals surface area (Å²) in [6.07, 6.45) is 2.31. The molecule has 1 rings (SSSR count). The third-order valence-electron chi connectivity index (χ3n) is 1.19. The molecule has 64 valence electrons. The highest BCUT2D eigenvalue weighted by Crippen LogP contribution is 2.10. The molecular formula is C6H4O5S. The molecule has 0 amide bonds. The minimum absolute atomic E-state index is 0.581. The SMILES string of the molecule is O=C1C=CC(=O)C(S(=O)(=O)O)=C1. The summed E-state index contributed by atoms with van der Waals surface area (Å²) in [6.45, 7) is 0. The highest BCUT2D eigenvalue weighted by Gasteiger charge is 2.23. The Labute approximate surface area is 68.1 Å². The predicted octanol–water partition coefficient (Wildman–Crippen LogP) is -0.534. The fraction of sp³-hybridized carbons (Fsp3) is 0. The van der Waals surface area contributed by atoms with Gasteiger partial charge < -0.3 is 0 Å². The van der Waals surface area contributed by atoms with Crippen molar-refractivity contribution in [2.75, 3.05) is 0 Å². The van der Waals surface area contributed by atoms with Crippen LogP contribution in [-0.2, 0) is 19.7 Å². The van der Waals surface area contributed by atoms with Gasteiger partial charge in [-0.15, -0.1) is 0 Å². The lowest BCUT2D eigenvalue weighted by Gasteiger charge is -2.01. The maximum absolute atomic E-state index is 10.7. The minimum atomic E-state index is -4.57. The summed E-state index contributed by atoms with van der Waals surface area (Å²) in [7, 11) is -4.57. The van der Waals surface area contributed by atoms with Crippen molar-refractivity contribution in [1.29, 1.82) is 0 Å². The Morgan fingerprint density at radius 3 is 2.17 bits per heavy atom. The van der Waals surface area contributed by atoms with Gasteiger partial charge in [0.05, 0.1) is 0 Å². The minimum Gasteiger partial charge on any atom is -0.290 e. The largest absolute Gasteiger partial charge is 0.298 e. The van der Waals surface area contributed by atoms with E-state index in [1.165, 1.54) is 0 Å². The second-order valence-electron chi connectivity index (χ2n) is 2.08. The van der Waals surface area contributed by atoms with Crippen LogP contribution in [0, 0.1) is 0 Å². The van der Waals surface area contributed by atoms with Gasteiger partial charge in [0, 0.05) is 6.08 Å². The van der Waals surface area contributed by atoms with Gasteiger partial charge >= 0.3 is 0 Å². The molecule has 5 nitrogen and oxygen atoms in total. The number of hydrogen-bond acceptors (Lipinski definition) is 4. The summed E-state index contributed by atoms with van der Waals surface area (Å²) in [5, 5.41) is 0. The summed E-state index contributed by atoms with van der Waals surface area (Å²) < 4.78 is 29.3. The second kappa shape index (κ2) is 2.65. The zero-order valence-corrected chi connectivity index (χ0v) is 6.54. The predicted molar refractivity (Wildman–Crippen MR) is 38.8 cm³/mol. The molecule has 1 aliphatic carbocycles. The maximum atomic E-state index is 10.7. The van der Waals surface area contributed by atoms with Gasteiger partial charge in [-0.1, -0.05) is 0 Å². The van der Waals surface area contributed by atoms with Gasteiger partial charge in [-0.2, -0.15) is 8.42 Å². The Morgan fingerprint density at radius 1 is 1.17 bits per heavy atom. The zero-order chi connectivity index (χ0) is 9.35. The van der Waals surface area contributed by atoms with Gasteiger partial charge in [0.15, 0.2) is 11.6 Å². The molecule has 1 N–H and O–H groups in total. The third kappa shape index (κ3) is 1.66. The Morgan fingerprint density at radius 2 is 1.75 bits per heavy atom. The first kappa shape index (κ1) is 8.82. The Kier molecular flexibility index (Phi) is 1.95. The van der Waals surface area contributed by atoms with Crippen molar-refractivity contribution in [1.82, 2.24) is 0 Å². The van der Waals surface area contributed by atoms with Gasteiger partial charge in [0.2, 0.25) is 0 Å². The van der Waals surface area contributed by atoms with E-state index < -0.39 is 26.6 Å². The van der Waals surface area contributed by atoms with Crippen LogP contribution in [0.25, 0.3) is 0 Å². The second-order valence-corrected chi connectivity index (χ2v) is 3.47. The molecule has 0 fully saturated rings. The van der Waals surface area contributed by atoms with Crippen LogP contribution in [0.5, 0.6) is 0 Å². The number of hydrogen-bond donors (Lipinski definition) is 1. The molecule has 0 bridgehead atoms. The normalized spacial score (nSPS) is 17.9. The number of carbonyl (C=O) groups excluding carboxylic acids is 2. The first-order chi connectivity index (χ1) is 5.41. The Hall–Kier alpha value is -1.27. The average Bonchev–Trinajstić information content (AvgIpc) is 1.92. The van der Waals surface area contributed by atoms with E-state index in [9.17, 15) is 18.0 Å². The fourth-order valence-electron chi connectivity index (χ4n) is 0.690. The molecule has 0 saturated carbocycles. The van der Waals surface area contributed by atoms with Crippen LogP contribution in [-0.4, -0.2) is 24.5 Å². The Bertz CT molecular complexity index is 398. The van der Waals surface area contributed by atoms with E-state index in [0.717, 1.165) is 12.2 Å². The smallest absolute Gasteiger partial charge is 0.290 e. The van der Waals surface area contributed by atoms with Gasteiger partial charge in [-0.05, 0) is 12.2 Å². The average molecular weight is 188 g/mol. The van der Waals surface area contributed by atoms with E-state index in [2.05, 4.69) is 0 Å². The van der Waals surface area contributed by atoms with Crippen LogP contribution in [0.1, 0.15) is 0 Å². The van der Waals surface area contributed by atoms with Crippen LogP contribution in [0.15, 0.2) is 23.1 Å². The summed E-state index contributed by atoms with van der Waals surface area (Å²) >= 11 is 0. The third-order valence-corrected chi connectivity index (χ3v) is 2.07. The molecule has 12 heavy (non-hydrogen) atoms. The van der Waals surface area contributed by atoms with E-state index in [4.69, 9.17) is 4.55 Å². The van der Waals surface area contributed by atoms with Crippen molar-refractivity contribution in [3.63, 3.8) is 0 Å². The van der Waals surface area contributed by atoms with Crippen LogP contribution in [0.4, 0.5) is 0 Å². The van der Waals surface area contributed by atoms with Gasteiger partial charge in [-0.3, -0.25) is 14.1 Å². The topological polar surface area (TPSA) is 88.5 Å². The number of allylic oxidation sites excluding steroid dienone is 4. The van der Waals surface area contributed by atoms with Gasteiger partial charge in [0.1, 0.15) is 4.91 Å². The van der Waals surface area contributed by atoms with Crippen molar-refractivity contribution in [3.8, 4) is 0 Å². The standard InChI is InChI=1S/C6H4O5S/c7-4-1-2-5(8)6(3-4)12(9,10)11/h1-3H,(H,9,10,11). The highest BCUT2D eigenvalue weighted by molar-refractivity contribution is 7.91. The van der Waals surface area contributed by atoms with Crippen LogP contribution in [0.2, 0.25) is 0 Å². The first-order valence-electron chi connectivity index (χ1n) is 2.87. The molecule has 6 heteroatoms. The number of carbonyl (C=O) groups is 2. The van der Waals surface area contributed by atoms with E-state index in [0.29, 0.717) is 6.08 Å². The van der Waals surface area contributed by atoms with E-state index in [1.807, 2.05) is 0 Å². The molecule has 0 aromatic rings. The highest BCUT2D eigenvalue weighted by atomic mass is 32.2. The van der Waals surface area contributed by atoms with Gasteiger partial charge in [-0.25, -0.2) is 0 Å². The number of ketones is 2. The molecule has 0 unspecified atom stereocenters. The summed E-state index contributed by atoms with van der Waals surface area (Å²) in [5.41, 5.74) is 0. The Balaban J connectivity index is 3.23. The van der Waals surface area contributed by atoms with E-state index in [1.54, 1.807) is 0 Å². The quantitative estimate of drug-likeness (QED) is 0.441. The summed E-state index contributed by atoms with van der Waals surface area (Å²) in [6, 6.07) is 0. The molecule has 0 saturated heterocycles. The van der Waals surface area contributed by atoms with E-state index >= 15 is 0 Å². The lowest BCUT2D eigenvalue weighted by Crippen LogP contribution is -2.15. The summed E-state index contributed by atoms with van der Waals surface area (Å²) in [4.78, 5) is 20.4. The molecule has 0 atom stereocenters. The van der Waals surface area contributed by atoms with E-state index in [-0.39, 0.29) is 0 Å². The van der Waals surface area contributed by atoms with Crippen molar-refractivity contribution >= 4 is 21.7 Å². The van der Waals surface area contributed by atoms with Crippen LogP contribution < -0.4 is 0 Å². The molecular weight excluding hydrogens is 184 g/mol. The van der Waals surface area contributed by atoms with Crippen molar-refractivity contribution < 1.29 is 22.6 Å². The molecule has 1 aliphatic rings. The van der Waals surface area contributed by atoms with Crippen molar-refractivity contribution in [2.45, 2.75) is 0 Å². The van der Waals surface area contributed by atoms with Gasteiger partial charge in [0.25, 0.3) is 10.1 Å². The number of rotatable bonds is 1. The molecule has 0 spiro atoms. The lowest BCUT2D eigenvalue weighted by molar-refractivity contribution is -0.114. The molecule has 0 aromatic carbocycles. The first-order valence-corrected chi connectivity index (χ1v) is 4.31. The monoisotopic (exact) mass is 188 g/mol. The summed E-state index contributed by atoms with van der Waals surface area (Å²) in [5.74, 6) is -1.53. The molecule has 0 aliphatic heterocycles. The zero-order valence-electron chi connectivity index (χ0n) is 5.72. The van der Waals surface area contributed by atoms with Crippen molar-refractivity contribution in [3.05, 3.63) is 23.1 Å². The van der Waals surface area contributed by atoms with Crippen LogP contribution >= 0.6 is 0 Å². The molecule has 0 radical (unpaired) electrons. The van der Waals surface area contributed by atoms with Crippen LogP contribution in [0.3, 0.4) is 0 Å². The maximum Gasteiger partial charge on any atom is 0.298 e. The fourth-order valence-corrected chi connectivity index (χ4v) is 1.28. The molecule has 0 aromatic heterocycles. The van der Waals surface area contributed by atoms with Crippen molar-refractivity contribution in [2.24, 2.45) is 0 Å². The molecule has 0 heterocycles. The lowest BCUT2D eigenvalue weighted by atomic mass is 10.2.